The van der Waals surface area contributed by atoms with Crippen LogP contribution in [0.1, 0.15) is 10.4 Å². The lowest BCUT2D eigenvalue weighted by atomic mass is 10.2. The first kappa shape index (κ1) is 15.8. The zero-order chi connectivity index (χ0) is 15.1. The molecule has 0 aromatic heterocycles. The zero-order valence-corrected chi connectivity index (χ0v) is 11.8. The molecule has 1 aromatic rings. The van der Waals surface area contributed by atoms with Crippen LogP contribution in [0, 0.1) is 0 Å². The summed E-state index contributed by atoms with van der Waals surface area (Å²) in [6, 6.07) is 4.04. The third-order valence-electron chi connectivity index (χ3n) is 2.38. The van der Waals surface area contributed by atoms with Crippen molar-refractivity contribution in [2.45, 2.75) is 0 Å². The summed E-state index contributed by atoms with van der Waals surface area (Å²) >= 11 is 5.96. The Kier molecular flexibility index (Phi) is 5.79. The molecule has 0 aliphatic heterocycles. The molecule has 1 rings (SSSR count). The van der Waals surface area contributed by atoms with Crippen LogP contribution in [0.25, 0.3) is 0 Å². The molecule has 1 aromatic carbocycles. The molecule has 0 bridgehead atoms. The first-order valence-electron chi connectivity index (χ1n) is 5.75. The van der Waals surface area contributed by atoms with Crippen LogP contribution >= 0.6 is 11.6 Å². The van der Waals surface area contributed by atoms with E-state index in [9.17, 15) is 14.4 Å². The van der Waals surface area contributed by atoms with E-state index in [-0.39, 0.29) is 12.5 Å². The first-order valence-corrected chi connectivity index (χ1v) is 6.12. The lowest BCUT2D eigenvalue weighted by molar-refractivity contribution is -0.118. The Balaban J connectivity index is 2.70. The quantitative estimate of drug-likeness (QED) is 0.653. The summed E-state index contributed by atoms with van der Waals surface area (Å²) in [7, 11) is 2.92. The van der Waals surface area contributed by atoms with Crippen molar-refractivity contribution in [3.05, 3.63) is 28.8 Å². The van der Waals surface area contributed by atoms with Gasteiger partial charge >= 0.3 is 6.03 Å². The van der Waals surface area contributed by atoms with Gasteiger partial charge in [-0.1, -0.05) is 11.6 Å². The fraction of sp³-hybridized carbons (Fsp3) is 0.250. The third kappa shape index (κ3) is 4.43. The predicted octanol–water partition coefficient (Wildman–Crippen LogP) is 0.567. The molecule has 0 aliphatic carbocycles. The number of rotatable bonds is 4. The molecule has 0 aliphatic rings. The Morgan fingerprint density at radius 3 is 2.45 bits per heavy atom. The van der Waals surface area contributed by atoms with Gasteiger partial charge in [-0.3, -0.25) is 14.9 Å². The number of amides is 4. The zero-order valence-electron chi connectivity index (χ0n) is 11.0. The summed E-state index contributed by atoms with van der Waals surface area (Å²) in [5.74, 6) is -0.787. The molecule has 0 fully saturated rings. The Hall–Kier alpha value is -2.28. The lowest BCUT2D eigenvalue weighted by Crippen LogP contribution is -2.40. The van der Waals surface area contributed by atoms with Crippen LogP contribution in [0.3, 0.4) is 0 Å². The molecule has 108 valence electrons. The summed E-state index contributed by atoms with van der Waals surface area (Å²) in [5, 5.41) is 9.96. The number of anilines is 1. The highest BCUT2D eigenvalue weighted by Gasteiger charge is 2.09. The summed E-state index contributed by atoms with van der Waals surface area (Å²) in [6.45, 7) is -0.148. The van der Waals surface area contributed by atoms with Gasteiger partial charge in [-0.15, -0.1) is 0 Å². The van der Waals surface area contributed by atoms with Crippen LogP contribution < -0.4 is 21.3 Å². The van der Waals surface area contributed by atoms with Gasteiger partial charge in [0.05, 0.1) is 17.3 Å². The molecule has 0 spiro atoms. The monoisotopic (exact) mass is 298 g/mol. The molecule has 0 radical (unpaired) electrons. The molecular weight excluding hydrogens is 284 g/mol. The van der Waals surface area contributed by atoms with Crippen LogP contribution in [0.4, 0.5) is 10.5 Å². The second-order valence-electron chi connectivity index (χ2n) is 3.75. The molecule has 4 amide bonds. The number of halogens is 1. The molecule has 0 atom stereocenters. The first-order chi connectivity index (χ1) is 9.47. The van der Waals surface area contributed by atoms with Gasteiger partial charge in [-0.2, -0.15) is 0 Å². The van der Waals surface area contributed by atoms with E-state index in [4.69, 9.17) is 11.6 Å². The molecule has 8 heteroatoms. The van der Waals surface area contributed by atoms with E-state index in [1.165, 1.54) is 20.2 Å². The number of imide groups is 1. The molecule has 0 saturated carbocycles. The van der Waals surface area contributed by atoms with E-state index >= 15 is 0 Å². The molecule has 20 heavy (non-hydrogen) atoms. The van der Waals surface area contributed by atoms with Gasteiger partial charge < -0.3 is 16.0 Å². The molecule has 0 heterocycles. The molecule has 4 N–H and O–H groups in total. The van der Waals surface area contributed by atoms with Crippen LogP contribution in [0.15, 0.2) is 18.2 Å². The van der Waals surface area contributed by atoms with E-state index < -0.39 is 11.9 Å². The van der Waals surface area contributed by atoms with Gasteiger partial charge in [0.1, 0.15) is 0 Å². The maximum Gasteiger partial charge on any atom is 0.321 e. The summed E-state index contributed by atoms with van der Waals surface area (Å²) in [6.07, 6.45) is 0. The average Bonchev–Trinajstić information content (AvgIpc) is 2.45. The van der Waals surface area contributed by atoms with Crippen molar-refractivity contribution < 1.29 is 14.4 Å². The highest BCUT2D eigenvalue weighted by molar-refractivity contribution is 6.33. The third-order valence-corrected chi connectivity index (χ3v) is 2.70. The summed E-state index contributed by atoms with van der Waals surface area (Å²) < 4.78 is 0. The molecule has 0 unspecified atom stereocenters. The minimum absolute atomic E-state index is 0.148. The average molecular weight is 299 g/mol. The number of carbonyl (C=O) groups is 3. The van der Waals surface area contributed by atoms with Gasteiger partial charge in [0.15, 0.2) is 0 Å². The van der Waals surface area contributed by atoms with Gasteiger partial charge in [0.2, 0.25) is 5.91 Å². The van der Waals surface area contributed by atoms with E-state index in [0.717, 1.165) is 0 Å². The number of hydrogen-bond donors (Lipinski definition) is 4. The van der Waals surface area contributed by atoms with Crippen LogP contribution in [0.2, 0.25) is 5.02 Å². The van der Waals surface area contributed by atoms with Crippen molar-refractivity contribution in [3.63, 3.8) is 0 Å². The summed E-state index contributed by atoms with van der Waals surface area (Å²) in [4.78, 5) is 33.8. The predicted molar refractivity (Wildman–Crippen MR) is 75.9 cm³/mol. The number of hydrogen-bond acceptors (Lipinski definition) is 4. The van der Waals surface area contributed by atoms with Crippen molar-refractivity contribution in [2.24, 2.45) is 0 Å². The Bertz CT molecular complexity index is 533. The number of benzene rings is 1. The molecular formula is C12H15ClN4O3. The van der Waals surface area contributed by atoms with E-state index in [1.54, 1.807) is 12.1 Å². The molecule has 7 nitrogen and oxygen atoms in total. The fourth-order valence-corrected chi connectivity index (χ4v) is 1.54. The minimum atomic E-state index is -0.595. The lowest BCUT2D eigenvalue weighted by Gasteiger charge is -2.10. The van der Waals surface area contributed by atoms with Crippen LogP contribution in [-0.2, 0) is 4.79 Å². The van der Waals surface area contributed by atoms with Crippen molar-refractivity contribution in [2.75, 3.05) is 26.0 Å². The number of nitrogens with one attached hydrogen (secondary N) is 4. The van der Waals surface area contributed by atoms with Crippen molar-refractivity contribution in [3.8, 4) is 0 Å². The highest BCUT2D eigenvalue weighted by Crippen LogP contribution is 2.22. The topological polar surface area (TPSA) is 99.3 Å². The Morgan fingerprint density at radius 1 is 1.15 bits per heavy atom. The Labute approximate surface area is 121 Å². The van der Waals surface area contributed by atoms with E-state index in [1.807, 2.05) is 0 Å². The van der Waals surface area contributed by atoms with Crippen LogP contribution in [-0.4, -0.2) is 38.5 Å². The standard InChI is InChI=1S/C12H15ClN4O3/c1-14-11(19)7-3-4-8(13)9(5-7)16-6-10(18)17-12(20)15-2/h3-5,16H,6H2,1-2H3,(H,14,19)(H2,15,17,18,20). The van der Waals surface area contributed by atoms with Crippen molar-refractivity contribution >= 4 is 35.1 Å². The SMILES string of the molecule is CNC(=O)NC(=O)CNc1cc(C(=O)NC)ccc1Cl. The van der Waals surface area contributed by atoms with Gasteiger partial charge in [0, 0.05) is 19.7 Å². The second-order valence-corrected chi connectivity index (χ2v) is 4.16. The van der Waals surface area contributed by atoms with Crippen LogP contribution in [0.5, 0.6) is 0 Å². The van der Waals surface area contributed by atoms with Crippen molar-refractivity contribution in [1.82, 2.24) is 16.0 Å². The van der Waals surface area contributed by atoms with Gasteiger partial charge in [-0.25, -0.2) is 4.79 Å². The smallest absolute Gasteiger partial charge is 0.321 e. The highest BCUT2D eigenvalue weighted by atomic mass is 35.5. The van der Waals surface area contributed by atoms with Crippen molar-refractivity contribution in [1.29, 1.82) is 0 Å². The maximum absolute atomic E-state index is 11.5. The van der Waals surface area contributed by atoms with E-state index in [0.29, 0.717) is 16.3 Å². The number of carbonyl (C=O) groups excluding carboxylic acids is 3. The fourth-order valence-electron chi connectivity index (χ4n) is 1.36. The molecule has 0 saturated heterocycles. The maximum atomic E-state index is 11.5. The second kappa shape index (κ2) is 7.34. The van der Waals surface area contributed by atoms with Gasteiger partial charge in [0.25, 0.3) is 5.91 Å². The largest absolute Gasteiger partial charge is 0.375 e. The summed E-state index contributed by atoms with van der Waals surface area (Å²) in [5.41, 5.74) is 0.839. The van der Waals surface area contributed by atoms with Gasteiger partial charge in [-0.05, 0) is 18.2 Å². The number of urea groups is 1. The van der Waals surface area contributed by atoms with E-state index in [2.05, 4.69) is 21.3 Å². The normalized spacial score (nSPS) is 9.55. The minimum Gasteiger partial charge on any atom is -0.375 e. The Morgan fingerprint density at radius 2 is 1.85 bits per heavy atom.